The number of aliphatic carboxylic acids is 1. The number of carboxylic acids is 1. The third kappa shape index (κ3) is 3.27. The van der Waals surface area contributed by atoms with E-state index in [0.29, 0.717) is 0 Å². The minimum Gasteiger partial charge on any atom is -0.481 e. The first-order valence-electron chi connectivity index (χ1n) is 5.10. The molecule has 0 aliphatic carbocycles. The largest absolute Gasteiger partial charge is 0.481 e. The molecule has 1 atom stereocenters. The number of carbonyl (C=O) groups is 1. The highest BCUT2D eigenvalue weighted by Crippen LogP contribution is 2.25. The third-order valence-electron chi connectivity index (χ3n) is 2.49. The molecule has 1 rings (SSSR count). The van der Waals surface area contributed by atoms with E-state index in [-0.39, 0.29) is 16.0 Å². The molecular weight excluding hydrogens is 261 g/mol. The molecule has 0 spiro atoms. The maximum Gasteiger partial charge on any atom is 0.305 e. The Morgan fingerprint density at radius 1 is 1.50 bits per heavy atom. The number of nitrogens with two attached hydrogens (primary N) is 1. The Morgan fingerprint density at radius 2 is 2.06 bits per heavy atom. The summed E-state index contributed by atoms with van der Waals surface area (Å²) < 4.78 is 36.6. The first kappa shape index (κ1) is 14.6. The molecule has 100 valence electrons. The molecule has 0 fully saturated rings. The van der Waals surface area contributed by atoms with Crippen LogP contribution in [0.5, 0.6) is 0 Å². The van der Waals surface area contributed by atoms with Crippen LogP contribution in [0.1, 0.15) is 23.6 Å². The van der Waals surface area contributed by atoms with Crippen LogP contribution in [0.2, 0.25) is 0 Å². The van der Waals surface area contributed by atoms with Crippen molar-refractivity contribution in [2.75, 3.05) is 6.26 Å². The SMILES string of the molecule is Cc1cc(F)c(C(N)CC(=O)O)cc1S(C)(=O)=O. The monoisotopic (exact) mass is 275 g/mol. The smallest absolute Gasteiger partial charge is 0.305 e. The minimum absolute atomic E-state index is 0.0419. The van der Waals surface area contributed by atoms with E-state index in [2.05, 4.69) is 0 Å². The fraction of sp³-hybridized carbons (Fsp3) is 0.364. The Labute approximate surface area is 104 Å². The van der Waals surface area contributed by atoms with Crippen molar-refractivity contribution in [1.82, 2.24) is 0 Å². The molecule has 18 heavy (non-hydrogen) atoms. The average molecular weight is 275 g/mol. The van der Waals surface area contributed by atoms with E-state index < -0.39 is 34.1 Å². The Hall–Kier alpha value is -1.47. The molecule has 0 bridgehead atoms. The summed E-state index contributed by atoms with van der Waals surface area (Å²) in [6, 6.07) is 1.07. The maximum atomic E-state index is 13.7. The Kier molecular flexibility index (Phi) is 4.08. The molecule has 3 N–H and O–H groups in total. The van der Waals surface area contributed by atoms with Crippen LogP contribution in [-0.4, -0.2) is 25.7 Å². The van der Waals surface area contributed by atoms with Crippen molar-refractivity contribution in [1.29, 1.82) is 0 Å². The molecule has 0 heterocycles. The summed E-state index contributed by atoms with van der Waals surface area (Å²) in [7, 11) is -3.50. The van der Waals surface area contributed by atoms with Crippen LogP contribution in [0.25, 0.3) is 0 Å². The number of rotatable bonds is 4. The number of carboxylic acid groups (broad SMARTS) is 1. The van der Waals surface area contributed by atoms with Gasteiger partial charge in [-0.05, 0) is 24.6 Å². The molecule has 1 aromatic rings. The summed E-state index contributed by atoms with van der Waals surface area (Å²) in [5, 5.41) is 8.60. The zero-order valence-electron chi connectivity index (χ0n) is 9.97. The molecule has 0 aliphatic heterocycles. The van der Waals surface area contributed by atoms with Crippen molar-refractivity contribution in [3.63, 3.8) is 0 Å². The van der Waals surface area contributed by atoms with Gasteiger partial charge in [-0.25, -0.2) is 12.8 Å². The van der Waals surface area contributed by atoms with Gasteiger partial charge in [-0.2, -0.15) is 0 Å². The summed E-state index contributed by atoms with van der Waals surface area (Å²) in [5.41, 5.74) is 5.70. The first-order chi connectivity index (χ1) is 8.12. The molecule has 0 saturated carbocycles. The highest BCUT2D eigenvalue weighted by atomic mass is 32.2. The van der Waals surface area contributed by atoms with Crippen LogP contribution in [0.4, 0.5) is 4.39 Å². The number of benzene rings is 1. The molecule has 0 radical (unpaired) electrons. The zero-order chi connectivity index (χ0) is 14.1. The highest BCUT2D eigenvalue weighted by Gasteiger charge is 2.20. The van der Waals surface area contributed by atoms with E-state index in [9.17, 15) is 17.6 Å². The van der Waals surface area contributed by atoms with Gasteiger partial charge < -0.3 is 10.8 Å². The molecular formula is C11H14FNO4S. The lowest BCUT2D eigenvalue weighted by Gasteiger charge is -2.13. The van der Waals surface area contributed by atoms with Crippen molar-refractivity contribution in [3.05, 3.63) is 29.1 Å². The van der Waals surface area contributed by atoms with Gasteiger partial charge in [-0.3, -0.25) is 4.79 Å². The van der Waals surface area contributed by atoms with E-state index in [1.165, 1.54) is 6.92 Å². The molecule has 7 heteroatoms. The quantitative estimate of drug-likeness (QED) is 0.799. The van der Waals surface area contributed by atoms with Crippen LogP contribution >= 0.6 is 0 Å². The number of sulfone groups is 1. The minimum atomic E-state index is -3.50. The Bertz CT molecular complexity index is 583. The van der Waals surface area contributed by atoms with Crippen molar-refractivity contribution in [2.45, 2.75) is 24.3 Å². The van der Waals surface area contributed by atoms with Crippen molar-refractivity contribution < 1.29 is 22.7 Å². The van der Waals surface area contributed by atoms with Gasteiger partial charge in [0.2, 0.25) is 0 Å². The van der Waals surface area contributed by atoms with E-state index in [4.69, 9.17) is 10.8 Å². The van der Waals surface area contributed by atoms with E-state index in [0.717, 1.165) is 18.4 Å². The summed E-state index contributed by atoms with van der Waals surface area (Å²) in [6.45, 7) is 1.46. The summed E-state index contributed by atoms with van der Waals surface area (Å²) in [6.07, 6.45) is 0.531. The Balaban J connectivity index is 3.34. The third-order valence-corrected chi connectivity index (χ3v) is 3.73. The standard InChI is InChI=1S/C11H14FNO4S/c1-6-3-8(12)7(9(13)5-11(14)15)4-10(6)18(2,16)17/h3-4,9H,5,13H2,1-2H3,(H,14,15). The molecule has 1 aromatic carbocycles. The van der Waals surface area contributed by atoms with E-state index in [1.807, 2.05) is 0 Å². The molecule has 5 nitrogen and oxygen atoms in total. The van der Waals surface area contributed by atoms with Gasteiger partial charge in [0.15, 0.2) is 9.84 Å². The predicted molar refractivity (Wildman–Crippen MR) is 63.4 cm³/mol. The van der Waals surface area contributed by atoms with Gasteiger partial charge in [0.05, 0.1) is 11.3 Å². The summed E-state index contributed by atoms with van der Waals surface area (Å²) >= 11 is 0. The lowest BCUT2D eigenvalue weighted by Crippen LogP contribution is -2.17. The molecule has 0 amide bonds. The first-order valence-corrected chi connectivity index (χ1v) is 6.99. The van der Waals surface area contributed by atoms with Crippen LogP contribution in [0.3, 0.4) is 0 Å². The lowest BCUT2D eigenvalue weighted by molar-refractivity contribution is -0.137. The van der Waals surface area contributed by atoms with E-state index in [1.54, 1.807) is 0 Å². The van der Waals surface area contributed by atoms with Crippen LogP contribution < -0.4 is 5.73 Å². The van der Waals surface area contributed by atoms with Crippen molar-refractivity contribution >= 4 is 15.8 Å². The number of hydrogen-bond donors (Lipinski definition) is 2. The van der Waals surface area contributed by atoms with Gasteiger partial charge >= 0.3 is 5.97 Å². The fourth-order valence-electron chi connectivity index (χ4n) is 1.65. The van der Waals surface area contributed by atoms with Gasteiger partial charge in [-0.15, -0.1) is 0 Å². The molecule has 0 saturated heterocycles. The van der Waals surface area contributed by atoms with E-state index >= 15 is 0 Å². The van der Waals surface area contributed by atoms with Crippen molar-refractivity contribution in [3.8, 4) is 0 Å². The van der Waals surface area contributed by atoms with Gasteiger partial charge in [0.25, 0.3) is 0 Å². The van der Waals surface area contributed by atoms with Crippen LogP contribution in [0, 0.1) is 12.7 Å². The normalized spacial score (nSPS) is 13.3. The summed E-state index contributed by atoms with van der Waals surface area (Å²) in [5.74, 6) is -1.88. The number of hydrogen-bond acceptors (Lipinski definition) is 4. The van der Waals surface area contributed by atoms with Gasteiger partial charge in [0, 0.05) is 17.9 Å². The van der Waals surface area contributed by atoms with Crippen LogP contribution in [-0.2, 0) is 14.6 Å². The fourth-order valence-corrected chi connectivity index (χ4v) is 2.64. The highest BCUT2D eigenvalue weighted by molar-refractivity contribution is 7.90. The number of halogens is 1. The molecule has 1 unspecified atom stereocenters. The van der Waals surface area contributed by atoms with Gasteiger partial charge in [-0.1, -0.05) is 0 Å². The predicted octanol–water partition coefficient (Wildman–Crippen LogP) is 1.01. The average Bonchev–Trinajstić information content (AvgIpc) is 2.13. The second-order valence-corrected chi connectivity index (χ2v) is 6.10. The van der Waals surface area contributed by atoms with Crippen LogP contribution in [0.15, 0.2) is 17.0 Å². The second kappa shape index (κ2) is 5.03. The maximum absolute atomic E-state index is 13.7. The van der Waals surface area contributed by atoms with Gasteiger partial charge in [0.1, 0.15) is 5.82 Å². The lowest BCUT2D eigenvalue weighted by atomic mass is 10.0. The molecule has 0 aliphatic rings. The Morgan fingerprint density at radius 3 is 2.50 bits per heavy atom. The topological polar surface area (TPSA) is 97.5 Å². The second-order valence-electron chi connectivity index (χ2n) is 4.12. The number of aryl methyl sites for hydroxylation is 1. The van der Waals surface area contributed by atoms with Crippen molar-refractivity contribution in [2.24, 2.45) is 5.73 Å². The summed E-state index contributed by atoms with van der Waals surface area (Å²) in [4.78, 5) is 10.5. The molecule has 0 aromatic heterocycles. The zero-order valence-corrected chi connectivity index (χ0v) is 10.8.